The average molecular weight is 279 g/mol. The summed E-state index contributed by atoms with van der Waals surface area (Å²) >= 11 is 0. The van der Waals surface area contributed by atoms with Gasteiger partial charge in [0.15, 0.2) is 0 Å². The first-order valence-electron chi connectivity index (χ1n) is 6.11. The summed E-state index contributed by atoms with van der Waals surface area (Å²) in [5.41, 5.74) is 0.291. The Morgan fingerprint density at radius 3 is 2.79 bits per heavy atom. The molecule has 6 nitrogen and oxygen atoms in total. The van der Waals surface area contributed by atoms with Gasteiger partial charge in [-0.15, -0.1) is 0 Å². The van der Waals surface area contributed by atoms with E-state index < -0.39 is 10.0 Å². The standard InChI is InChI=1S/C12H13N3O3S/c13-6-9-5-10(3-4-14-9)18-11-7-15(8-11)19(16,17)12-1-2-12/h3-5,11-12H,1-2,7-8H2. The molecule has 2 aliphatic rings. The van der Waals surface area contributed by atoms with Crippen LogP contribution in [0.5, 0.6) is 5.75 Å². The van der Waals surface area contributed by atoms with E-state index in [1.807, 2.05) is 6.07 Å². The van der Waals surface area contributed by atoms with Crippen molar-refractivity contribution >= 4 is 10.0 Å². The first kappa shape index (κ1) is 12.4. The van der Waals surface area contributed by atoms with Crippen LogP contribution in [0.2, 0.25) is 0 Å². The number of sulfonamides is 1. The molecule has 3 rings (SSSR count). The van der Waals surface area contributed by atoms with E-state index in [1.54, 1.807) is 12.1 Å². The molecule has 19 heavy (non-hydrogen) atoms. The molecule has 1 aliphatic carbocycles. The topological polar surface area (TPSA) is 83.3 Å². The molecule has 1 aromatic rings. The Morgan fingerprint density at radius 1 is 1.42 bits per heavy atom. The van der Waals surface area contributed by atoms with Crippen LogP contribution < -0.4 is 4.74 Å². The summed E-state index contributed by atoms with van der Waals surface area (Å²) in [5, 5.41) is 8.56. The van der Waals surface area contributed by atoms with Gasteiger partial charge in [0.2, 0.25) is 10.0 Å². The SMILES string of the molecule is N#Cc1cc(OC2CN(S(=O)(=O)C3CC3)C2)ccn1. The number of hydrogen-bond acceptors (Lipinski definition) is 5. The van der Waals surface area contributed by atoms with Crippen molar-refractivity contribution in [1.29, 1.82) is 5.26 Å². The smallest absolute Gasteiger partial charge is 0.217 e. The van der Waals surface area contributed by atoms with E-state index in [4.69, 9.17) is 10.00 Å². The molecule has 2 fully saturated rings. The number of pyridine rings is 1. The van der Waals surface area contributed by atoms with Crippen molar-refractivity contribution in [3.8, 4) is 11.8 Å². The van der Waals surface area contributed by atoms with Crippen molar-refractivity contribution in [3.05, 3.63) is 24.0 Å². The molecule has 0 aromatic carbocycles. The first-order valence-corrected chi connectivity index (χ1v) is 7.61. The maximum Gasteiger partial charge on any atom is 0.217 e. The van der Waals surface area contributed by atoms with Crippen molar-refractivity contribution in [2.24, 2.45) is 0 Å². The van der Waals surface area contributed by atoms with Crippen LogP contribution in [-0.2, 0) is 10.0 Å². The molecular weight excluding hydrogens is 266 g/mol. The fourth-order valence-corrected chi connectivity index (χ4v) is 3.90. The van der Waals surface area contributed by atoms with E-state index in [0.717, 1.165) is 12.8 Å². The van der Waals surface area contributed by atoms with Crippen LogP contribution in [0.3, 0.4) is 0 Å². The van der Waals surface area contributed by atoms with E-state index in [2.05, 4.69) is 4.98 Å². The van der Waals surface area contributed by atoms with E-state index >= 15 is 0 Å². The van der Waals surface area contributed by atoms with E-state index in [1.165, 1.54) is 10.5 Å². The van der Waals surface area contributed by atoms with Crippen molar-refractivity contribution in [1.82, 2.24) is 9.29 Å². The predicted octanol–water partition coefficient (Wildman–Crippen LogP) is 0.508. The van der Waals surface area contributed by atoms with Gasteiger partial charge in [-0.1, -0.05) is 0 Å². The lowest BCUT2D eigenvalue weighted by Gasteiger charge is -2.37. The van der Waals surface area contributed by atoms with Crippen molar-refractivity contribution < 1.29 is 13.2 Å². The molecule has 1 aliphatic heterocycles. The zero-order chi connectivity index (χ0) is 13.5. The maximum atomic E-state index is 11.9. The van der Waals surface area contributed by atoms with E-state index in [0.29, 0.717) is 24.5 Å². The summed E-state index contributed by atoms with van der Waals surface area (Å²) in [6, 6.07) is 5.15. The lowest BCUT2D eigenvalue weighted by Crippen LogP contribution is -2.56. The van der Waals surface area contributed by atoms with E-state index in [-0.39, 0.29) is 11.4 Å². The minimum absolute atomic E-state index is 0.137. The Bertz CT molecular complexity index is 628. The molecule has 0 N–H and O–H groups in total. The van der Waals surface area contributed by atoms with Gasteiger partial charge in [-0.3, -0.25) is 0 Å². The zero-order valence-electron chi connectivity index (χ0n) is 10.2. The largest absolute Gasteiger partial charge is 0.488 e. The van der Waals surface area contributed by atoms with Crippen molar-refractivity contribution in [3.63, 3.8) is 0 Å². The Hall–Kier alpha value is -1.65. The quantitative estimate of drug-likeness (QED) is 0.801. The summed E-state index contributed by atoms with van der Waals surface area (Å²) in [6.45, 7) is 0.784. The van der Waals surface area contributed by atoms with Gasteiger partial charge in [-0.05, 0) is 18.9 Å². The van der Waals surface area contributed by atoms with Gasteiger partial charge >= 0.3 is 0 Å². The third-order valence-electron chi connectivity index (χ3n) is 3.27. The number of ether oxygens (including phenoxy) is 1. The first-order chi connectivity index (χ1) is 9.09. The van der Waals surface area contributed by atoms with Crippen LogP contribution in [0.1, 0.15) is 18.5 Å². The molecule has 0 spiro atoms. The van der Waals surface area contributed by atoms with Crippen molar-refractivity contribution in [2.75, 3.05) is 13.1 Å². The summed E-state index contributed by atoms with van der Waals surface area (Å²) in [6.07, 6.45) is 2.92. The molecule has 2 heterocycles. The van der Waals surface area contributed by atoms with Crippen LogP contribution in [0.15, 0.2) is 18.3 Å². The third-order valence-corrected chi connectivity index (χ3v) is 5.60. The molecule has 0 unspecified atom stereocenters. The van der Waals surface area contributed by atoms with Gasteiger partial charge in [0, 0.05) is 12.3 Å². The monoisotopic (exact) mass is 279 g/mol. The Kier molecular flexibility index (Phi) is 2.92. The number of nitrogens with zero attached hydrogens (tertiary/aromatic N) is 3. The van der Waals surface area contributed by atoms with Gasteiger partial charge in [0.05, 0.1) is 18.3 Å². The van der Waals surface area contributed by atoms with Crippen molar-refractivity contribution in [2.45, 2.75) is 24.2 Å². The Balaban J connectivity index is 1.58. The maximum absolute atomic E-state index is 11.9. The van der Waals surface area contributed by atoms with Gasteiger partial charge < -0.3 is 4.74 Å². The molecule has 0 radical (unpaired) electrons. The lowest BCUT2D eigenvalue weighted by atomic mass is 10.2. The molecule has 100 valence electrons. The molecule has 0 amide bonds. The molecule has 0 atom stereocenters. The van der Waals surface area contributed by atoms with Gasteiger partial charge in [-0.2, -0.15) is 9.57 Å². The number of rotatable bonds is 4. The van der Waals surface area contributed by atoms with Crippen LogP contribution in [-0.4, -0.2) is 42.2 Å². The summed E-state index contributed by atoms with van der Waals surface area (Å²) in [7, 11) is -3.08. The second-order valence-corrected chi connectivity index (χ2v) is 7.00. The highest BCUT2D eigenvalue weighted by atomic mass is 32.2. The highest BCUT2D eigenvalue weighted by molar-refractivity contribution is 7.90. The van der Waals surface area contributed by atoms with Gasteiger partial charge in [-0.25, -0.2) is 13.4 Å². The lowest BCUT2D eigenvalue weighted by molar-refractivity contribution is 0.0760. The fraction of sp³-hybridized carbons (Fsp3) is 0.500. The minimum atomic E-state index is -3.08. The van der Waals surface area contributed by atoms with Gasteiger partial charge in [0.25, 0.3) is 0 Å². The van der Waals surface area contributed by atoms with Crippen LogP contribution in [0.25, 0.3) is 0 Å². The highest BCUT2D eigenvalue weighted by Crippen LogP contribution is 2.33. The molecule has 1 saturated heterocycles. The van der Waals surface area contributed by atoms with Crippen LogP contribution >= 0.6 is 0 Å². The van der Waals surface area contributed by atoms with Crippen LogP contribution in [0.4, 0.5) is 0 Å². The second-order valence-electron chi connectivity index (χ2n) is 4.79. The number of hydrogen-bond donors (Lipinski definition) is 0. The summed E-state index contributed by atoms with van der Waals surface area (Å²) < 4.78 is 30.9. The molecular formula is C12H13N3O3S. The molecule has 1 saturated carbocycles. The van der Waals surface area contributed by atoms with Crippen LogP contribution in [0, 0.1) is 11.3 Å². The number of nitriles is 1. The second kappa shape index (κ2) is 4.47. The summed E-state index contributed by atoms with van der Waals surface area (Å²) in [4.78, 5) is 3.85. The third kappa shape index (κ3) is 2.41. The Labute approximate surface area is 111 Å². The average Bonchev–Trinajstić information content (AvgIpc) is 3.17. The number of aromatic nitrogens is 1. The predicted molar refractivity (Wildman–Crippen MR) is 66.9 cm³/mol. The normalized spacial score (nSPS) is 20.6. The van der Waals surface area contributed by atoms with E-state index in [9.17, 15) is 8.42 Å². The zero-order valence-corrected chi connectivity index (χ0v) is 11.0. The molecule has 1 aromatic heterocycles. The fourth-order valence-electron chi connectivity index (χ4n) is 2.00. The Morgan fingerprint density at radius 2 is 2.16 bits per heavy atom. The van der Waals surface area contributed by atoms with Gasteiger partial charge in [0.1, 0.15) is 23.6 Å². The highest BCUT2D eigenvalue weighted by Gasteiger charge is 2.45. The molecule has 7 heteroatoms. The minimum Gasteiger partial charge on any atom is -0.488 e. The summed E-state index contributed by atoms with van der Waals surface area (Å²) in [5.74, 6) is 0.556. The molecule has 0 bridgehead atoms.